The molecule has 0 bridgehead atoms. The standard InChI is InChI=1S/C13H23N5O2/c1-17(8-10-5-3-4-6-11(10)19)13(20)14-7-12-15-9-18(2)16-12/h9-11,19H,3-8H2,1-2H3,(H,14,20)/t10-,11+/m0/s1. The molecule has 7 heteroatoms. The summed E-state index contributed by atoms with van der Waals surface area (Å²) in [5.41, 5.74) is 0. The largest absolute Gasteiger partial charge is 0.393 e. The number of rotatable bonds is 4. The summed E-state index contributed by atoms with van der Waals surface area (Å²) in [6.45, 7) is 0.903. The summed E-state index contributed by atoms with van der Waals surface area (Å²) in [5, 5.41) is 16.8. The maximum atomic E-state index is 12.0. The number of aryl methyl sites for hydroxylation is 1. The summed E-state index contributed by atoms with van der Waals surface area (Å²) in [6.07, 6.45) is 5.37. The molecule has 0 saturated heterocycles. The lowest BCUT2D eigenvalue weighted by Crippen LogP contribution is -2.42. The smallest absolute Gasteiger partial charge is 0.317 e. The molecule has 0 aliphatic heterocycles. The molecule has 1 aliphatic carbocycles. The maximum Gasteiger partial charge on any atom is 0.317 e. The number of carbonyl (C=O) groups is 1. The van der Waals surface area contributed by atoms with E-state index in [1.807, 2.05) is 0 Å². The predicted octanol–water partition coefficient (Wildman–Crippen LogP) is 0.508. The Morgan fingerprint density at radius 3 is 2.95 bits per heavy atom. The van der Waals surface area contributed by atoms with Crippen LogP contribution in [0.25, 0.3) is 0 Å². The fourth-order valence-corrected chi connectivity index (χ4v) is 2.59. The number of amides is 2. The Labute approximate surface area is 119 Å². The highest BCUT2D eigenvalue weighted by molar-refractivity contribution is 5.73. The molecule has 2 amide bonds. The zero-order chi connectivity index (χ0) is 14.5. The Hall–Kier alpha value is -1.63. The van der Waals surface area contributed by atoms with Gasteiger partial charge in [-0.1, -0.05) is 12.8 Å². The van der Waals surface area contributed by atoms with Gasteiger partial charge in [0, 0.05) is 26.6 Å². The second-order valence-electron chi connectivity index (χ2n) is 5.49. The summed E-state index contributed by atoms with van der Waals surface area (Å²) >= 11 is 0. The number of hydrogen-bond donors (Lipinski definition) is 2. The van der Waals surface area contributed by atoms with Gasteiger partial charge in [0.25, 0.3) is 0 Å². The molecule has 1 saturated carbocycles. The zero-order valence-corrected chi connectivity index (χ0v) is 12.1. The maximum absolute atomic E-state index is 12.0. The van der Waals surface area contributed by atoms with Gasteiger partial charge in [0.2, 0.25) is 0 Å². The van der Waals surface area contributed by atoms with Crippen molar-refractivity contribution in [1.82, 2.24) is 25.0 Å². The molecule has 2 rings (SSSR count). The number of aliphatic hydroxyl groups excluding tert-OH is 1. The number of carbonyl (C=O) groups excluding carboxylic acids is 1. The van der Waals surface area contributed by atoms with Crippen molar-refractivity contribution in [2.24, 2.45) is 13.0 Å². The minimum Gasteiger partial charge on any atom is -0.393 e. The summed E-state index contributed by atoms with van der Waals surface area (Å²) in [6, 6.07) is -0.157. The quantitative estimate of drug-likeness (QED) is 0.842. The van der Waals surface area contributed by atoms with Crippen LogP contribution in [0, 0.1) is 5.92 Å². The van der Waals surface area contributed by atoms with E-state index < -0.39 is 0 Å². The SMILES string of the molecule is CN(C[C@@H]1CCCC[C@H]1O)C(=O)NCc1ncn(C)n1. The van der Waals surface area contributed by atoms with Crippen LogP contribution in [-0.2, 0) is 13.6 Å². The molecule has 0 aromatic carbocycles. The lowest BCUT2D eigenvalue weighted by Gasteiger charge is -2.31. The van der Waals surface area contributed by atoms with Crippen LogP contribution >= 0.6 is 0 Å². The van der Waals surface area contributed by atoms with Crippen molar-refractivity contribution in [2.75, 3.05) is 13.6 Å². The lowest BCUT2D eigenvalue weighted by atomic mass is 9.86. The second kappa shape index (κ2) is 6.69. The fraction of sp³-hybridized carbons (Fsp3) is 0.769. The van der Waals surface area contributed by atoms with E-state index in [-0.39, 0.29) is 18.1 Å². The molecule has 0 unspecified atom stereocenters. The van der Waals surface area contributed by atoms with E-state index in [0.29, 0.717) is 18.9 Å². The highest BCUT2D eigenvalue weighted by Crippen LogP contribution is 2.24. The van der Waals surface area contributed by atoms with Crippen molar-refractivity contribution in [2.45, 2.75) is 38.3 Å². The summed E-state index contributed by atoms with van der Waals surface area (Å²) < 4.78 is 1.60. The number of nitrogens with one attached hydrogen (secondary N) is 1. The van der Waals surface area contributed by atoms with Crippen LogP contribution in [0.1, 0.15) is 31.5 Å². The second-order valence-corrected chi connectivity index (χ2v) is 5.49. The number of hydrogen-bond acceptors (Lipinski definition) is 4. The average molecular weight is 281 g/mol. The molecular weight excluding hydrogens is 258 g/mol. The Morgan fingerprint density at radius 2 is 2.30 bits per heavy atom. The van der Waals surface area contributed by atoms with E-state index >= 15 is 0 Å². The number of aliphatic hydroxyl groups is 1. The van der Waals surface area contributed by atoms with Crippen LogP contribution in [0.5, 0.6) is 0 Å². The third-order valence-corrected chi connectivity index (χ3v) is 3.77. The van der Waals surface area contributed by atoms with Gasteiger partial charge < -0.3 is 15.3 Å². The van der Waals surface area contributed by atoms with Crippen LogP contribution in [-0.4, -0.2) is 50.5 Å². The number of urea groups is 1. The fourth-order valence-electron chi connectivity index (χ4n) is 2.59. The normalized spacial score (nSPS) is 22.6. The van der Waals surface area contributed by atoms with E-state index in [4.69, 9.17) is 0 Å². The van der Waals surface area contributed by atoms with Crippen LogP contribution in [0.2, 0.25) is 0 Å². The number of nitrogens with zero attached hydrogens (tertiary/aromatic N) is 4. The summed E-state index contributed by atoms with van der Waals surface area (Å²) in [5.74, 6) is 0.777. The minimum absolute atomic E-state index is 0.157. The van der Waals surface area contributed by atoms with Gasteiger partial charge in [-0.15, -0.1) is 0 Å². The van der Waals surface area contributed by atoms with Crippen LogP contribution in [0.15, 0.2) is 6.33 Å². The third-order valence-electron chi connectivity index (χ3n) is 3.77. The van der Waals surface area contributed by atoms with E-state index in [1.54, 1.807) is 30.0 Å². The van der Waals surface area contributed by atoms with Gasteiger partial charge in [-0.05, 0) is 12.8 Å². The molecule has 1 aromatic heterocycles. The molecule has 2 atom stereocenters. The zero-order valence-electron chi connectivity index (χ0n) is 12.1. The molecule has 20 heavy (non-hydrogen) atoms. The van der Waals surface area contributed by atoms with Crippen molar-refractivity contribution < 1.29 is 9.90 Å². The molecule has 1 heterocycles. The van der Waals surface area contributed by atoms with E-state index in [2.05, 4.69) is 15.4 Å². The monoisotopic (exact) mass is 281 g/mol. The molecule has 112 valence electrons. The Kier molecular flexibility index (Phi) is 4.94. The first-order valence-electron chi connectivity index (χ1n) is 7.08. The van der Waals surface area contributed by atoms with Gasteiger partial charge in [-0.2, -0.15) is 5.10 Å². The summed E-state index contributed by atoms with van der Waals surface area (Å²) in [4.78, 5) is 17.7. The Balaban J connectivity index is 1.76. The molecular formula is C13H23N5O2. The topological polar surface area (TPSA) is 83.3 Å². The molecule has 0 radical (unpaired) electrons. The Bertz CT molecular complexity index is 448. The predicted molar refractivity (Wildman–Crippen MR) is 73.8 cm³/mol. The van der Waals surface area contributed by atoms with Crippen molar-refractivity contribution in [3.8, 4) is 0 Å². The third kappa shape index (κ3) is 3.93. The highest BCUT2D eigenvalue weighted by Gasteiger charge is 2.25. The van der Waals surface area contributed by atoms with Crippen LogP contribution < -0.4 is 5.32 Å². The lowest BCUT2D eigenvalue weighted by molar-refractivity contribution is 0.0564. The van der Waals surface area contributed by atoms with Gasteiger partial charge in [-0.3, -0.25) is 4.68 Å². The molecule has 7 nitrogen and oxygen atoms in total. The molecule has 1 fully saturated rings. The van der Waals surface area contributed by atoms with Crippen LogP contribution in [0.4, 0.5) is 4.79 Å². The van der Waals surface area contributed by atoms with Gasteiger partial charge >= 0.3 is 6.03 Å². The first-order chi connectivity index (χ1) is 9.56. The molecule has 1 aliphatic rings. The van der Waals surface area contributed by atoms with Crippen LogP contribution in [0.3, 0.4) is 0 Å². The van der Waals surface area contributed by atoms with Crippen molar-refractivity contribution in [3.63, 3.8) is 0 Å². The molecule has 1 aromatic rings. The van der Waals surface area contributed by atoms with Gasteiger partial charge in [-0.25, -0.2) is 9.78 Å². The van der Waals surface area contributed by atoms with E-state index in [1.165, 1.54) is 0 Å². The minimum atomic E-state index is -0.281. The van der Waals surface area contributed by atoms with Gasteiger partial charge in [0.1, 0.15) is 6.33 Å². The van der Waals surface area contributed by atoms with E-state index in [0.717, 1.165) is 25.7 Å². The van der Waals surface area contributed by atoms with E-state index in [9.17, 15) is 9.90 Å². The average Bonchev–Trinajstić information content (AvgIpc) is 2.84. The first-order valence-corrected chi connectivity index (χ1v) is 7.08. The molecule has 0 spiro atoms. The van der Waals surface area contributed by atoms with Crippen molar-refractivity contribution in [1.29, 1.82) is 0 Å². The number of aromatic nitrogens is 3. The molecule has 2 N–H and O–H groups in total. The van der Waals surface area contributed by atoms with Gasteiger partial charge in [0.15, 0.2) is 5.82 Å². The van der Waals surface area contributed by atoms with Crippen molar-refractivity contribution in [3.05, 3.63) is 12.2 Å². The highest BCUT2D eigenvalue weighted by atomic mass is 16.3. The Morgan fingerprint density at radius 1 is 1.55 bits per heavy atom. The van der Waals surface area contributed by atoms with Crippen molar-refractivity contribution >= 4 is 6.03 Å². The first kappa shape index (κ1) is 14.8. The summed E-state index contributed by atoms with van der Waals surface area (Å²) in [7, 11) is 3.54. The van der Waals surface area contributed by atoms with Gasteiger partial charge in [0.05, 0.1) is 12.6 Å².